The number of alkyl halides is 1. The Balaban J connectivity index is 1.15. The lowest BCUT2D eigenvalue weighted by atomic mass is 9.45. The molecule has 19 heteroatoms. The Kier molecular flexibility index (Phi) is 20.4. The molecule has 0 bridgehead atoms. The predicted molar refractivity (Wildman–Crippen MR) is 302 cm³/mol. The summed E-state index contributed by atoms with van der Waals surface area (Å²) in [5.74, 6) is -4.64. The number of cyclic esters (lactones) is 1. The first-order valence-corrected chi connectivity index (χ1v) is 30.6. The highest BCUT2D eigenvalue weighted by atomic mass is 19.1. The molecule has 18 nitrogen and oxygen atoms in total. The van der Waals surface area contributed by atoms with Crippen LogP contribution in [0.2, 0.25) is 0 Å². The van der Waals surface area contributed by atoms with Crippen LogP contribution in [0.4, 0.5) is 4.39 Å². The summed E-state index contributed by atoms with van der Waals surface area (Å²) in [5, 5.41) is 76.1. The summed E-state index contributed by atoms with van der Waals surface area (Å²) >= 11 is 0. The van der Waals surface area contributed by atoms with Gasteiger partial charge in [0.2, 0.25) is 5.91 Å². The van der Waals surface area contributed by atoms with Gasteiger partial charge in [0.1, 0.15) is 30.0 Å². The molecule has 81 heavy (non-hydrogen) atoms. The molecule has 7 aliphatic rings. The van der Waals surface area contributed by atoms with Crippen LogP contribution in [0.15, 0.2) is 23.8 Å². The maximum Gasteiger partial charge on any atom is 0.311 e. The molecular formula is C62H104FN3O15. The zero-order valence-electron chi connectivity index (χ0n) is 51.6. The number of nitrogens with one attached hydrogen (secondary N) is 1. The van der Waals surface area contributed by atoms with Crippen LogP contribution in [0.25, 0.3) is 0 Å². The lowest BCUT2D eigenvalue weighted by Gasteiger charge is -2.61. The van der Waals surface area contributed by atoms with Gasteiger partial charge in [-0.3, -0.25) is 19.3 Å². The number of hydrogen-bond donors (Lipinski definition) is 7. The summed E-state index contributed by atoms with van der Waals surface area (Å²) in [5.41, 5.74) is -7.88. The third kappa shape index (κ3) is 12.4. The standard InChI is InChI=1S/C62H104FN3O15/c1-17-46-61(14,75)51(70)38(8)66(25-19-24-64-54(72)48-34(4)26-43-42-21-20-40-28-41(67)22-23-58(40,11)62(42,63)45(68)30-57(43,48)10)32-33(3)29-59(12,74)53(81-56-49(69)44(65(15)18-2)27-35(5)77-56)36(6)50(37(7)55(73)79-46)80-47-31-60(13,76-16)52(71)39(9)78-47/h22-23,28,33-39,42-53,56,68-71,74-75H,17-21,24-27,29-32H2,1-16H3,(H,64,72)/t33-,34-,35-,36-,37-,38-,39+,42?,43?,44+,45+,46-,47?,48-,49-,50+,51-,52+,53-,56?,57+,58+,59-,60-,61-,62+/m1/s1. The summed E-state index contributed by atoms with van der Waals surface area (Å²) in [6.45, 7) is 26.9. The van der Waals surface area contributed by atoms with Gasteiger partial charge in [-0.05, 0) is 156 Å². The molecule has 6 fully saturated rings. The van der Waals surface area contributed by atoms with Crippen molar-refractivity contribution in [3.05, 3.63) is 23.8 Å². The number of fused-ring (bicyclic) bond motifs is 5. The molecule has 4 aliphatic carbocycles. The zero-order valence-corrected chi connectivity index (χ0v) is 51.6. The number of carbonyl (C=O) groups is 3. The van der Waals surface area contributed by atoms with Crippen LogP contribution < -0.4 is 5.32 Å². The van der Waals surface area contributed by atoms with Gasteiger partial charge in [0.05, 0.1) is 47.6 Å². The smallest absolute Gasteiger partial charge is 0.311 e. The van der Waals surface area contributed by atoms with E-state index in [2.05, 4.69) is 5.32 Å². The first-order valence-electron chi connectivity index (χ1n) is 30.6. The molecule has 1 amide bonds. The molecule has 3 aliphatic heterocycles. The molecule has 0 aromatic rings. The molecule has 3 saturated heterocycles. The van der Waals surface area contributed by atoms with E-state index in [1.165, 1.54) is 26.2 Å². The monoisotopic (exact) mass is 1150 g/mol. The quantitative estimate of drug-likeness (QED) is 0.0902. The van der Waals surface area contributed by atoms with E-state index in [0.717, 1.165) is 0 Å². The van der Waals surface area contributed by atoms with Gasteiger partial charge in [0.25, 0.3) is 0 Å². The number of ketones is 1. The van der Waals surface area contributed by atoms with Crippen molar-refractivity contribution >= 4 is 17.7 Å². The fraction of sp³-hybridized carbons (Fsp3) is 0.887. The number of rotatable bonds is 13. The van der Waals surface area contributed by atoms with E-state index in [4.69, 9.17) is 28.4 Å². The summed E-state index contributed by atoms with van der Waals surface area (Å²) in [4.78, 5) is 45.8. The van der Waals surface area contributed by atoms with Crippen LogP contribution in [0.1, 0.15) is 155 Å². The molecule has 0 spiro atoms. The largest absolute Gasteiger partial charge is 0.459 e. The third-order valence-corrected chi connectivity index (χ3v) is 21.6. The maximum atomic E-state index is 17.9. The van der Waals surface area contributed by atoms with Gasteiger partial charge in [0.15, 0.2) is 24.0 Å². The second-order valence-corrected chi connectivity index (χ2v) is 27.5. The van der Waals surface area contributed by atoms with E-state index in [1.807, 2.05) is 51.5 Å². The minimum Gasteiger partial charge on any atom is -0.459 e. The van der Waals surface area contributed by atoms with Crippen molar-refractivity contribution in [2.45, 2.75) is 257 Å². The molecule has 0 radical (unpaired) electrons. The van der Waals surface area contributed by atoms with Gasteiger partial charge in [-0.2, -0.15) is 0 Å². The number of hydrogen-bond acceptors (Lipinski definition) is 17. The zero-order chi connectivity index (χ0) is 60.3. The average molecular weight is 1150 g/mol. The topological polar surface area (TPSA) is 246 Å². The number of likely N-dealkylation sites (N-methyl/N-ethyl adjacent to an activating group) is 1. The van der Waals surface area contributed by atoms with E-state index in [-0.39, 0.29) is 73.8 Å². The Morgan fingerprint density at radius 2 is 1.59 bits per heavy atom. The minimum absolute atomic E-state index is 0.0784. The van der Waals surface area contributed by atoms with Crippen LogP contribution in [0.5, 0.6) is 0 Å². The van der Waals surface area contributed by atoms with Crippen molar-refractivity contribution in [3.63, 3.8) is 0 Å². The molecule has 3 heterocycles. The molecule has 7 N–H and O–H groups in total. The number of esters is 1. The highest BCUT2D eigenvalue weighted by Crippen LogP contribution is 2.69. The fourth-order valence-electron chi connectivity index (χ4n) is 16.8. The SMILES string of the molecule is CC[C@H]1OC(=O)[C@H](C)[C@@H](OC2C[C@@](C)(OC)[C@@H](O)[C@H](C)O2)[C@@H](C)[C@@H](OC2O[C@H](C)C[C@H](N(C)CC)[C@H]2O)[C@](C)(O)C[C@@H](C)CN(CCCNC(=O)[C@H]2[C@H](C)CC3C4CCC5=CC(=O)C=C[C@]5(C)[C@@]4(F)[C@@H](O)C[C@@]32C)[C@H](C)[C@@H](O)[C@]1(C)O. The second kappa shape index (κ2) is 25.1. The number of aliphatic hydroxyl groups is 6. The van der Waals surface area contributed by atoms with Crippen molar-refractivity contribution in [3.8, 4) is 0 Å². The molecule has 26 atom stereocenters. The molecule has 7 rings (SSSR count). The van der Waals surface area contributed by atoms with E-state index >= 15 is 4.39 Å². The van der Waals surface area contributed by atoms with Crippen molar-refractivity contribution in [2.24, 2.45) is 52.3 Å². The number of halogens is 1. The maximum absolute atomic E-state index is 17.9. The first-order chi connectivity index (χ1) is 37.7. The third-order valence-electron chi connectivity index (χ3n) is 21.6. The lowest BCUT2D eigenvalue weighted by molar-refractivity contribution is -0.318. The fourth-order valence-corrected chi connectivity index (χ4v) is 16.8. The van der Waals surface area contributed by atoms with Gasteiger partial charge in [0, 0.05) is 68.4 Å². The van der Waals surface area contributed by atoms with Crippen molar-refractivity contribution in [2.75, 3.05) is 40.3 Å². The normalized spacial score (nSPS) is 49.4. The van der Waals surface area contributed by atoms with Gasteiger partial charge < -0.3 is 69.3 Å². The van der Waals surface area contributed by atoms with Gasteiger partial charge in [-0.1, -0.05) is 53.2 Å². The molecule has 464 valence electrons. The van der Waals surface area contributed by atoms with Crippen LogP contribution >= 0.6 is 0 Å². The first kappa shape index (κ1) is 66.0. The van der Waals surface area contributed by atoms with Crippen LogP contribution in [0, 0.1) is 52.3 Å². The number of ether oxygens (including phenoxy) is 6. The highest BCUT2D eigenvalue weighted by Gasteiger charge is 2.72. The number of aliphatic hydroxyl groups excluding tert-OH is 4. The Hall–Kier alpha value is -2.50. The summed E-state index contributed by atoms with van der Waals surface area (Å²) < 4.78 is 56.3. The predicted octanol–water partition coefficient (Wildman–Crippen LogP) is 5.40. The van der Waals surface area contributed by atoms with Crippen LogP contribution in [-0.2, 0) is 42.8 Å². The highest BCUT2D eigenvalue weighted by molar-refractivity contribution is 6.01. The van der Waals surface area contributed by atoms with Gasteiger partial charge >= 0.3 is 5.97 Å². The summed E-state index contributed by atoms with van der Waals surface area (Å²) in [6.07, 6.45) is -4.08. The molecule has 3 saturated carbocycles. The second-order valence-electron chi connectivity index (χ2n) is 27.5. The van der Waals surface area contributed by atoms with Gasteiger partial charge in [-0.25, -0.2) is 4.39 Å². The molecular weight excluding hydrogens is 1050 g/mol. The van der Waals surface area contributed by atoms with Gasteiger partial charge in [-0.15, -0.1) is 0 Å². The number of methoxy groups -OCH3 is 1. The Bertz CT molecular complexity index is 2270. The Morgan fingerprint density at radius 1 is 0.914 bits per heavy atom. The van der Waals surface area contributed by atoms with E-state index in [9.17, 15) is 45.0 Å². The van der Waals surface area contributed by atoms with E-state index < -0.39 is 130 Å². The number of amides is 1. The van der Waals surface area contributed by atoms with Crippen LogP contribution in [0.3, 0.4) is 0 Å². The van der Waals surface area contributed by atoms with E-state index in [0.29, 0.717) is 57.3 Å². The molecule has 0 aromatic carbocycles. The van der Waals surface area contributed by atoms with Crippen molar-refractivity contribution in [1.82, 2.24) is 15.1 Å². The molecule has 0 aromatic heterocycles. The van der Waals surface area contributed by atoms with Crippen molar-refractivity contribution in [1.29, 1.82) is 0 Å². The summed E-state index contributed by atoms with van der Waals surface area (Å²) in [6, 6.07) is -1.08. The molecule has 4 unspecified atom stereocenters. The number of allylic oxidation sites excluding steroid dienone is 4. The minimum atomic E-state index is -2.00. The van der Waals surface area contributed by atoms with Crippen LogP contribution in [-0.4, -0.2) is 201 Å². The summed E-state index contributed by atoms with van der Waals surface area (Å²) in [7, 11) is 3.42. The Labute approximate surface area is 482 Å². The van der Waals surface area contributed by atoms with E-state index in [1.54, 1.807) is 61.5 Å². The van der Waals surface area contributed by atoms with Crippen molar-refractivity contribution < 1.29 is 77.8 Å². The Morgan fingerprint density at radius 3 is 2.23 bits per heavy atom. The lowest BCUT2D eigenvalue weighted by Crippen LogP contribution is -2.67. The number of nitrogens with zero attached hydrogens (tertiary/aromatic N) is 2. The average Bonchev–Trinajstić information content (AvgIpc) is 2.34. The number of carbonyl (C=O) groups excluding carboxylic acids is 3.